The van der Waals surface area contributed by atoms with Crippen molar-refractivity contribution in [2.24, 2.45) is 21.7 Å². The van der Waals surface area contributed by atoms with Gasteiger partial charge >= 0.3 is 0 Å². The van der Waals surface area contributed by atoms with Crippen LogP contribution in [0.15, 0.2) is 12.3 Å². The Labute approximate surface area is 423 Å². The molecule has 0 radical (unpaired) electrons. The number of carbonyl (C=O) groups is 2. The van der Waals surface area contributed by atoms with Crippen LogP contribution in [0.25, 0.3) is 0 Å². The second kappa shape index (κ2) is 41.0. The number of nitrogens with one attached hydrogen (secondary N) is 2. The van der Waals surface area contributed by atoms with E-state index in [-0.39, 0.29) is 17.9 Å². The van der Waals surface area contributed by atoms with Gasteiger partial charge in [0.15, 0.2) is 0 Å². The Morgan fingerprint density at radius 3 is 0.824 bits per heavy atom. The zero-order valence-corrected chi connectivity index (χ0v) is 47.8. The molecule has 0 fully saturated rings. The van der Waals surface area contributed by atoms with Gasteiger partial charge in [0, 0.05) is 12.2 Å². The maximum absolute atomic E-state index is 13.5. The Morgan fingerprint density at radius 1 is 0.353 bits per heavy atom. The molecule has 1 atom stereocenters. The van der Waals surface area contributed by atoms with E-state index in [0.29, 0.717) is 48.1 Å². The fourth-order valence-corrected chi connectivity index (χ4v) is 8.41. The standard InChI is InChI=1S/C60H118N2O6/c1-52(62-54(64)56(67-50-40-32-24-16-20-28-36-45-59(8,9)10)68-51-41-33-25-17-21-29-37-46-60(11,12)13)42-47-61-53(63)55(65-48-38-30-22-14-18-26-34-43-57(2,3)4)66-49-39-31-23-15-19-27-35-44-58(5,6)7/h42,47,52,55-56H,14-41,43-46,48-51H2,1-13H3,(H,61,63)(H,62,64)/b47-42+. The van der Waals surface area contributed by atoms with E-state index in [2.05, 4.69) is 93.7 Å². The van der Waals surface area contributed by atoms with Crippen LogP contribution >= 0.6 is 0 Å². The van der Waals surface area contributed by atoms with Gasteiger partial charge in [0.05, 0.1) is 26.4 Å². The molecule has 404 valence electrons. The van der Waals surface area contributed by atoms with E-state index in [1.165, 1.54) is 154 Å². The summed E-state index contributed by atoms with van der Waals surface area (Å²) in [6.45, 7) is 31.7. The smallest absolute Gasteiger partial charge is 0.280 e. The second-order valence-corrected chi connectivity index (χ2v) is 25.5. The molecule has 0 bridgehead atoms. The molecule has 0 aliphatic heterocycles. The van der Waals surface area contributed by atoms with Gasteiger partial charge in [0.1, 0.15) is 0 Å². The largest absolute Gasteiger partial charge is 0.346 e. The van der Waals surface area contributed by atoms with Crippen molar-refractivity contribution in [3.05, 3.63) is 12.3 Å². The van der Waals surface area contributed by atoms with Crippen molar-refractivity contribution in [2.75, 3.05) is 26.4 Å². The molecule has 0 saturated heterocycles. The first kappa shape index (κ1) is 66.5. The Morgan fingerprint density at radius 2 is 0.574 bits per heavy atom. The summed E-state index contributed by atoms with van der Waals surface area (Å²) in [6, 6.07) is -0.351. The van der Waals surface area contributed by atoms with Gasteiger partial charge in [-0.15, -0.1) is 0 Å². The minimum absolute atomic E-state index is 0.287. The molecule has 2 amide bonds. The summed E-state index contributed by atoms with van der Waals surface area (Å²) in [5.74, 6) is -0.609. The van der Waals surface area contributed by atoms with Crippen molar-refractivity contribution in [3.8, 4) is 0 Å². The fraction of sp³-hybridized carbons (Fsp3) is 0.933. The van der Waals surface area contributed by atoms with E-state index in [4.69, 9.17) is 18.9 Å². The lowest BCUT2D eigenvalue weighted by atomic mass is 9.89. The molecule has 0 aliphatic rings. The SMILES string of the molecule is CC(/C=C/NC(=O)C(OCCCCCCCCCC(C)(C)C)OCCCCCCCCCC(C)(C)C)NC(=O)C(OCCCCCCCCCC(C)(C)C)OCCCCCCCCCC(C)(C)C. The summed E-state index contributed by atoms with van der Waals surface area (Å²) < 4.78 is 24.3. The fourth-order valence-electron chi connectivity index (χ4n) is 8.41. The molecule has 68 heavy (non-hydrogen) atoms. The summed E-state index contributed by atoms with van der Waals surface area (Å²) >= 11 is 0. The first-order valence-corrected chi connectivity index (χ1v) is 28.8. The zero-order chi connectivity index (χ0) is 51.0. The molecule has 1 unspecified atom stereocenters. The van der Waals surface area contributed by atoms with Crippen LogP contribution < -0.4 is 10.6 Å². The first-order chi connectivity index (χ1) is 32.1. The number of ether oxygens (including phenoxy) is 4. The van der Waals surface area contributed by atoms with E-state index >= 15 is 0 Å². The molecule has 8 heteroatoms. The number of carbonyl (C=O) groups excluding carboxylic acids is 2. The Bertz CT molecular complexity index is 1120. The highest BCUT2D eigenvalue weighted by Gasteiger charge is 2.22. The predicted octanol–water partition coefficient (Wildman–Crippen LogP) is 17.5. The van der Waals surface area contributed by atoms with Gasteiger partial charge in [-0.3, -0.25) is 9.59 Å². The average Bonchev–Trinajstić information content (AvgIpc) is 3.22. The molecule has 0 saturated carbocycles. The maximum atomic E-state index is 13.5. The van der Waals surface area contributed by atoms with Gasteiger partial charge in [-0.1, -0.05) is 237 Å². The van der Waals surface area contributed by atoms with Crippen molar-refractivity contribution in [3.63, 3.8) is 0 Å². The lowest BCUT2D eigenvalue weighted by molar-refractivity contribution is -0.173. The Kier molecular flexibility index (Phi) is 40.1. The molecular weight excluding hydrogens is 845 g/mol. The van der Waals surface area contributed by atoms with Crippen LogP contribution in [0.2, 0.25) is 0 Å². The number of unbranched alkanes of at least 4 members (excludes halogenated alkanes) is 24. The lowest BCUT2D eigenvalue weighted by Crippen LogP contribution is -2.42. The van der Waals surface area contributed by atoms with Crippen LogP contribution in [0.5, 0.6) is 0 Å². The quantitative estimate of drug-likeness (QED) is 0.0466. The third-order valence-electron chi connectivity index (χ3n) is 12.8. The number of hydrogen-bond acceptors (Lipinski definition) is 6. The van der Waals surface area contributed by atoms with Gasteiger partial charge in [0.2, 0.25) is 12.6 Å². The van der Waals surface area contributed by atoms with Crippen molar-refractivity contribution in [1.82, 2.24) is 10.6 Å². The Balaban J connectivity index is 5.07. The third kappa shape index (κ3) is 49.5. The summed E-state index contributed by atoms with van der Waals surface area (Å²) in [7, 11) is 0. The molecule has 0 heterocycles. The van der Waals surface area contributed by atoms with Gasteiger partial charge in [-0.2, -0.15) is 0 Å². The molecular formula is C60H118N2O6. The van der Waals surface area contributed by atoms with Crippen LogP contribution in [0.4, 0.5) is 0 Å². The lowest BCUT2D eigenvalue weighted by Gasteiger charge is -2.20. The topological polar surface area (TPSA) is 95.1 Å². The highest BCUT2D eigenvalue weighted by Crippen LogP contribution is 2.26. The monoisotopic (exact) mass is 963 g/mol. The highest BCUT2D eigenvalue weighted by atomic mass is 16.7. The summed E-state index contributed by atoms with van der Waals surface area (Å²) in [6.07, 6.45) is 39.9. The molecule has 0 spiro atoms. The summed E-state index contributed by atoms with van der Waals surface area (Å²) in [4.78, 5) is 26.9. The molecule has 8 nitrogen and oxygen atoms in total. The molecule has 0 aromatic rings. The van der Waals surface area contributed by atoms with E-state index in [1.54, 1.807) is 12.3 Å². The van der Waals surface area contributed by atoms with E-state index < -0.39 is 12.6 Å². The van der Waals surface area contributed by atoms with Gasteiger partial charge in [0.25, 0.3) is 11.8 Å². The van der Waals surface area contributed by atoms with Crippen LogP contribution in [0.1, 0.15) is 295 Å². The van der Waals surface area contributed by atoms with Crippen molar-refractivity contribution in [2.45, 2.75) is 314 Å². The molecule has 0 rings (SSSR count). The predicted molar refractivity (Wildman–Crippen MR) is 292 cm³/mol. The Hall–Kier alpha value is -1.48. The van der Waals surface area contributed by atoms with Crippen LogP contribution in [-0.2, 0) is 28.5 Å². The minimum atomic E-state index is -0.965. The highest BCUT2D eigenvalue weighted by molar-refractivity contribution is 5.81. The van der Waals surface area contributed by atoms with Crippen molar-refractivity contribution < 1.29 is 28.5 Å². The minimum Gasteiger partial charge on any atom is -0.346 e. The van der Waals surface area contributed by atoms with E-state index in [0.717, 1.165) is 51.4 Å². The van der Waals surface area contributed by atoms with Gasteiger partial charge < -0.3 is 29.6 Å². The second-order valence-electron chi connectivity index (χ2n) is 25.5. The third-order valence-corrected chi connectivity index (χ3v) is 12.8. The summed E-state index contributed by atoms with van der Waals surface area (Å²) in [5, 5.41) is 5.90. The molecule has 0 aromatic heterocycles. The summed E-state index contributed by atoms with van der Waals surface area (Å²) in [5.41, 5.74) is 1.67. The van der Waals surface area contributed by atoms with Crippen molar-refractivity contribution >= 4 is 11.8 Å². The number of hydrogen-bond donors (Lipinski definition) is 2. The normalized spacial score (nSPS) is 13.3. The van der Waals surface area contributed by atoms with Gasteiger partial charge in [-0.05, 0) is 86.0 Å². The number of rotatable bonds is 45. The zero-order valence-electron chi connectivity index (χ0n) is 47.8. The van der Waals surface area contributed by atoms with E-state index in [1.807, 2.05) is 6.92 Å². The molecule has 0 aliphatic carbocycles. The van der Waals surface area contributed by atoms with Crippen LogP contribution in [0, 0.1) is 21.7 Å². The van der Waals surface area contributed by atoms with Gasteiger partial charge in [-0.25, -0.2) is 0 Å². The van der Waals surface area contributed by atoms with Crippen LogP contribution in [-0.4, -0.2) is 56.9 Å². The molecule has 2 N–H and O–H groups in total. The molecule has 0 aromatic carbocycles. The maximum Gasteiger partial charge on any atom is 0.280 e. The average molecular weight is 964 g/mol. The first-order valence-electron chi connectivity index (χ1n) is 28.8. The number of amides is 2. The van der Waals surface area contributed by atoms with Crippen LogP contribution in [0.3, 0.4) is 0 Å². The van der Waals surface area contributed by atoms with E-state index in [9.17, 15) is 9.59 Å². The van der Waals surface area contributed by atoms with Crippen molar-refractivity contribution in [1.29, 1.82) is 0 Å².